The lowest BCUT2D eigenvalue weighted by Gasteiger charge is -2.41. The Labute approximate surface area is 325 Å². The molecule has 0 aromatic rings. The van der Waals surface area contributed by atoms with Crippen LogP contribution in [0.2, 0.25) is 0 Å². The molecule has 0 saturated heterocycles. The Bertz CT molecular complexity index is 1040. The minimum absolute atomic E-state index is 0.0867. The molecule has 0 aliphatic heterocycles. The first kappa shape index (κ1) is 50.6. The second-order valence-corrected chi connectivity index (χ2v) is 15.9. The summed E-state index contributed by atoms with van der Waals surface area (Å²) in [5.41, 5.74) is 0. The van der Waals surface area contributed by atoms with E-state index in [0.29, 0.717) is 13.0 Å². The number of hydrogen-bond acceptors (Lipinski definition) is 11. The van der Waals surface area contributed by atoms with Gasteiger partial charge in [-0.05, 0) is 64.2 Å². The molecular formula is C41H75O12P. The first-order valence-corrected chi connectivity index (χ1v) is 22.3. The van der Waals surface area contributed by atoms with Gasteiger partial charge < -0.3 is 39.9 Å². The van der Waals surface area contributed by atoms with Gasteiger partial charge in [-0.3, -0.25) is 13.8 Å². The number of aliphatic hydroxyl groups is 5. The maximum Gasteiger partial charge on any atom is 0.472 e. The van der Waals surface area contributed by atoms with Crippen LogP contribution in [0.3, 0.4) is 0 Å². The second kappa shape index (κ2) is 32.6. The summed E-state index contributed by atoms with van der Waals surface area (Å²) in [6.45, 7) is 4.15. The topological polar surface area (TPSA) is 192 Å². The smallest absolute Gasteiger partial charge is 0.457 e. The van der Waals surface area contributed by atoms with Crippen LogP contribution in [0.5, 0.6) is 0 Å². The van der Waals surface area contributed by atoms with E-state index in [1.807, 2.05) is 0 Å². The zero-order valence-corrected chi connectivity index (χ0v) is 34.2. The van der Waals surface area contributed by atoms with Crippen molar-refractivity contribution in [1.29, 1.82) is 0 Å². The fourth-order valence-electron chi connectivity index (χ4n) is 6.07. The average Bonchev–Trinajstić information content (AvgIpc) is 3.15. The van der Waals surface area contributed by atoms with Gasteiger partial charge in [0.05, 0.1) is 13.2 Å². The molecule has 0 spiro atoms. The summed E-state index contributed by atoms with van der Waals surface area (Å²) in [5, 5.41) is 50.0. The van der Waals surface area contributed by atoms with E-state index in [-0.39, 0.29) is 13.0 Å². The first-order valence-electron chi connectivity index (χ1n) is 20.8. The zero-order chi connectivity index (χ0) is 39.9. The standard InChI is InChI=1S/C41H75O12P/c1-3-5-7-9-11-13-15-17-18-19-20-22-24-26-28-30-35(42)52-34(32-50-31-29-27-25-23-21-16-14-12-10-8-6-4-2)33-51-54(48,49)53-41-39(46)37(44)36(43)38(45)40(41)47/h10-13,17-18,34,36-41,43-47H,3-9,14-16,19-33H2,1-2H3,(H,48,49)/b12-10-,13-11-,18-17-. The molecule has 0 bridgehead atoms. The van der Waals surface area contributed by atoms with E-state index in [0.717, 1.165) is 83.5 Å². The van der Waals surface area contributed by atoms with Gasteiger partial charge in [0.2, 0.25) is 0 Å². The molecule has 6 atom stereocenters. The summed E-state index contributed by atoms with van der Waals surface area (Å²) in [7, 11) is -5.02. The minimum atomic E-state index is -5.02. The van der Waals surface area contributed by atoms with Crippen molar-refractivity contribution in [3.8, 4) is 0 Å². The molecule has 0 amide bonds. The Balaban J connectivity index is 2.46. The van der Waals surface area contributed by atoms with Crippen LogP contribution in [-0.2, 0) is 27.9 Å². The van der Waals surface area contributed by atoms with E-state index in [1.165, 1.54) is 44.9 Å². The molecule has 1 aliphatic rings. The Morgan fingerprint density at radius 1 is 0.593 bits per heavy atom. The normalized spacial score (nSPS) is 23.8. The van der Waals surface area contributed by atoms with Crippen LogP contribution < -0.4 is 0 Å². The lowest BCUT2D eigenvalue weighted by Crippen LogP contribution is -2.64. The number of carbonyl (C=O) groups is 1. The van der Waals surface area contributed by atoms with Gasteiger partial charge in [-0.25, -0.2) is 4.57 Å². The van der Waals surface area contributed by atoms with Gasteiger partial charge in [-0.1, -0.05) is 121 Å². The summed E-state index contributed by atoms with van der Waals surface area (Å²) in [6.07, 6.45) is 23.6. The largest absolute Gasteiger partial charge is 0.472 e. The Morgan fingerprint density at radius 2 is 1.06 bits per heavy atom. The average molecular weight is 791 g/mol. The van der Waals surface area contributed by atoms with Crippen molar-refractivity contribution < 1.29 is 58.3 Å². The van der Waals surface area contributed by atoms with E-state index in [1.54, 1.807) is 0 Å². The van der Waals surface area contributed by atoms with Crippen LogP contribution in [0, 0.1) is 0 Å². The number of aliphatic hydroxyl groups excluding tert-OH is 5. The summed E-state index contributed by atoms with van der Waals surface area (Å²) >= 11 is 0. The van der Waals surface area contributed by atoms with Gasteiger partial charge in [0.1, 0.15) is 42.7 Å². The van der Waals surface area contributed by atoms with Gasteiger partial charge in [-0.2, -0.15) is 0 Å². The number of hydrogen-bond donors (Lipinski definition) is 6. The number of unbranched alkanes of at least 4 members (excludes halogenated alkanes) is 16. The van der Waals surface area contributed by atoms with Crippen molar-refractivity contribution in [1.82, 2.24) is 0 Å². The van der Waals surface area contributed by atoms with Crippen LogP contribution in [0.25, 0.3) is 0 Å². The van der Waals surface area contributed by atoms with Crippen LogP contribution in [0.1, 0.15) is 155 Å². The van der Waals surface area contributed by atoms with Crippen molar-refractivity contribution in [2.75, 3.05) is 19.8 Å². The van der Waals surface area contributed by atoms with Crippen LogP contribution in [0.15, 0.2) is 36.5 Å². The molecule has 13 heteroatoms. The molecule has 12 nitrogen and oxygen atoms in total. The highest BCUT2D eigenvalue weighted by Gasteiger charge is 2.51. The highest BCUT2D eigenvalue weighted by atomic mass is 31.2. The predicted octanol–water partition coefficient (Wildman–Crippen LogP) is 7.53. The van der Waals surface area contributed by atoms with Gasteiger partial charge >= 0.3 is 13.8 Å². The number of esters is 1. The fraction of sp³-hybridized carbons (Fsp3) is 0.829. The summed E-state index contributed by atoms with van der Waals surface area (Å²) in [6, 6.07) is 0. The number of allylic oxidation sites excluding steroid dienone is 6. The molecule has 6 unspecified atom stereocenters. The van der Waals surface area contributed by atoms with E-state index in [4.69, 9.17) is 18.5 Å². The maximum absolute atomic E-state index is 12.8. The van der Waals surface area contributed by atoms with Crippen LogP contribution in [-0.4, -0.2) is 98.9 Å². The van der Waals surface area contributed by atoms with Crippen molar-refractivity contribution in [3.63, 3.8) is 0 Å². The molecule has 54 heavy (non-hydrogen) atoms. The lowest BCUT2D eigenvalue weighted by atomic mass is 9.85. The van der Waals surface area contributed by atoms with Gasteiger partial charge in [-0.15, -0.1) is 0 Å². The van der Waals surface area contributed by atoms with Crippen LogP contribution >= 0.6 is 7.82 Å². The number of rotatable bonds is 34. The molecule has 0 aromatic heterocycles. The van der Waals surface area contributed by atoms with Gasteiger partial charge in [0.15, 0.2) is 0 Å². The predicted molar refractivity (Wildman–Crippen MR) is 212 cm³/mol. The SMILES string of the molecule is CCCC/C=C\CCCCCCCCOCC(COP(=O)(O)OC1C(O)C(O)C(O)C(O)C1O)OC(=O)CCCCCCC/C=C\C/C=C\CCCCC. The number of ether oxygens (including phenoxy) is 2. The molecule has 1 saturated carbocycles. The van der Waals surface area contributed by atoms with E-state index in [2.05, 4.69) is 50.3 Å². The molecule has 1 rings (SSSR count). The molecule has 0 radical (unpaired) electrons. The quantitative estimate of drug-likeness (QED) is 0.0163. The highest BCUT2D eigenvalue weighted by Crippen LogP contribution is 2.47. The van der Waals surface area contributed by atoms with Crippen molar-refractivity contribution >= 4 is 13.8 Å². The molecule has 0 heterocycles. The third-order valence-electron chi connectivity index (χ3n) is 9.49. The number of phosphoric acid groups is 1. The van der Waals surface area contributed by atoms with Gasteiger partial charge in [0.25, 0.3) is 0 Å². The van der Waals surface area contributed by atoms with E-state index < -0.39 is 63.1 Å². The Kier molecular flexibility index (Phi) is 30.6. The maximum atomic E-state index is 12.8. The number of carbonyl (C=O) groups excluding carboxylic acids is 1. The van der Waals surface area contributed by atoms with Crippen molar-refractivity contribution in [2.45, 2.75) is 198 Å². The van der Waals surface area contributed by atoms with E-state index in [9.17, 15) is 39.8 Å². The summed E-state index contributed by atoms with van der Waals surface area (Å²) < 4.78 is 34.0. The molecular weight excluding hydrogens is 715 g/mol. The molecule has 1 aliphatic carbocycles. The van der Waals surface area contributed by atoms with E-state index >= 15 is 0 Å². The third-order valence-corrected chi connectivity index (χ3v) is 10.5. The summed E-state index contributed by atoms with van der Waals surface area (Å²) in [5.74, 6) is -0.495. The van der Waals surface area contributed by atoms with Crippen LogP contribution in [0.4, 0.5) is 0 Å². The minimum Gasteiger partial charge on any atom is -0.457 e. The number of phosphoric ester groups is 1. The zero-order valence-electron chi connectivity index (χ0n) is 33.3. The molecule has 6 N–H and O–H groups in total. The van der Waals surface area contributed by atoms with Gasteiger partial charge in [0, 0.05) is 13.0 Å². The Morgan fingerprint density at radius 3 is 1.63 bits per heavy atom. The second-order valence-electron chi connectivity index (χ2n) is 14.5. The first-order chi connectivity index (χ1) is 26.0. The lowest BCUT2D eigenvalue weighted by molar-refractivity contribution is -0.220. The molecule has 1 fully saturated rings. The summed E-state index contributed by atoms with van der Waals surface area (Å²) in [4.78, 5) is 23.0. The fourth-order valence-corrected chi connectivity index (χ4v) is 7.04. The van der Waals surface area contributed by atoms with Crippen molar-refractivity contribution in [3.05, 3.63) is 36.5 Å². The van der Waals surface area contributed by atoms with Crippen molar-refractivity contribution in [2.24, 2.45) is 0 Å². The molecule has 0 aromatic carbocycles. The third kappa shape index (κ3) is 24.9. The Hall–Kier alpha value is -1.44. The molecule has 316 valence electrons. The monoisotopic (exact) mass is 790 g/mol. The highest BCUT2D eigenvalue weighted by molar-refractivity contribution is 7.47.